The summed E-state index contributed by atoms with van der Waals surface area (Å²) < 4.78 is 0. The molecule has 4 aromatic carbocycles. The van der Waals surface area contributed by atoms with Crippen LogP contribution >= 0.6 is 0 Å². The molecule has 0 fully saturated rings. The van der Waals surface area contributed by atoms with Crippen molar-refractivity contribution in [3.8, 4) is 0 Å². The molecule has 0 bridgehead atoms. The van der Waals surface area contributed by atoms with Crippen molar-refractivity contribution < 1.29 is 0 Å². The summed E-state index contributed by atoms with van der Waals surface area (Å²) in [7, 11) is 0. The Labute approximate surface area is 159 Å². The monoisotopic (exact) mass is 347 g/mol. The van der Waals surface area contributed by atoms with Crippen LogP contribution in [0.4, 0.5) is 5.69 Å². The molecule has 0 aromatic heterocycles. The van der Waals surface area contributed by atoms with Gasteiger partial charge in [0, 0.05) is 12.1 Å². The van der Waals surface area contributed by atoms with Gasteiger partial charge in [0.25, 0.3) is 0 Å². The highest BCUT2D eigenvalue weighted by Gasteiger charge is 2.38. The lowest BCUT2D eigenvalue weighted by Crippen LogP contribution is -2.30. The first-order valence-electron chi connectivity index (χ1n) is 8.98. The molecule has 0 aliphatic carbocycles. The molecule has 0 saturated heterocycles. The van der Waals surface area contributed by atoms with E-state index in [-0.39, 0.29) is 0 Å². The number of nitrogens with zero attached hydrogens (tertiary/aromatic N) is 2. The fourth-order valence-corrected chi connectivity index (χ4v) is 3.84. The number of benzene rings is 4. The maximum atomic E-state index is 9.11. The molecule has 0 heterocycles. The van der Waals surface area contributed by atoms with Gasteiger partial charge in [0.1, 0.15) is 0 Å². The van der Waals surface area contributed by atoms with Gasteiger partial charge >= 0.3 is 5.69 Å². The third-order valence-electron chi connectivity index (χ3n) is 5.04. The number of hydrogen-bond donors (Lipinski definition) is 0. The van der Waals surface area contributed by atoms with Crippen molar-refractivity contribution in [3.63, 3.8) is 0 Å². The first-order valence-corrected chi connectivity index (χ1v) is 8.98. The van der Waals surface area contributed by atoms with E-state index in [1.54, 1.807) is 0 Å². The summed E-state index contributed by atoms with van der Waals surface area (Å²) >= 11 is 0. The van der Waals surface area contributed by atoms with Gasteiger partial charge in [-0.25, -0.2) is 0 Å². The van der Waals surface area contributed by atoms with E-state index >= 15 is 0 Å². The standard InChI is InChI=1S/C25H19N2/c26-27-24-18-16-23(17-19-24)25(20-10-4-1-5-11-20,21-12-6-2-7-13-21)22-14-8-3-9-15-22/h1-19H/q+1. The molecule has 2 heteroatoms. The van der Waals surface area contributed by atoms with Crippen molar-refractivity contribution in [2.75, 3.05) is 0 Å². The normalized spacial score (nSPS) is 10.9. The topological polar surface area (TPSA) is 28.1 Å². The Kier molecular flexibility index (Phi) is 4.51. The van der Waals surface area contributed by atoms with Gasteiger partial charge in [0.2, 0.25) is 5.39 Å². The predicted octanol–water partition coefficient (Wildman–Crippen LogP) is 6.55. The lowest BCUT2D eigenvalue weighted by Gasteiger charge is -2.36. The predicted molar refractivity (Wildman–Crippen MR) is 109 cm³/mol. The molecular weight excluding hydrogens is 328 g/mol. The second kappa shape index (κ2) is 7.27. The van der Waals surface area contributed by atoms with Gasteiger partial charge in [0.05, 0.1) is 5.41 Å². The lowest BCUT2D eigenvalue weighted by molar-refractivity contribution is 0.745. The van der Waals surface area contributed by atoms with Crippen LogP contribution in [0.5, 0.6) is 0 Å². The number of diazo groups is 1. The molecule has 27 heavy (non-hydrogen) atoms. The van der Waals surface area contributed by atoms with Gasteiger partial charge in [-0.3, -0.25) is 0 Å². The van der Waals surface area contributed by atoms with Crippen LogP contribution in [0.15, 0.2) is 115 Å². The Morgan fingerprint density at radius 3 is 1.11 bits per heavy atom. The highest BCUT2D eigenvalue weighted by Crippen LogP contribution is 2.45. The second-order valence-electron chi connectivity index (χ2n) is 6.49. The molecule has 0 atom stereocenters. The smallest absolute Gasteiger partial charge is 0.0622 e. The summed E-state index contributed by atoms with van der Waals surface area (Å²) in [5.74, 6) is 0. The van der Waals surface area contributed by atoms with Crippen molar-refractivity contribution in [1.29, 1.82) is 5.39 Å². The molecule has 2 nitrogen and oxygen atoms in total. The lowest BCUT2D eigenvalue weighted by atomic mass is 9.65. The number of hydrogen-bond acceptors (Lipinski definition) is 1. The zero-order chi connectivity index (χ0) is 18.5. The minimum atomic E-state index is -0.461. The summed E-state index contributed by atoms with van der Waals surface area (Å²) in [6, 6.07) is 39.4. The third kappa shape index (κ3) is 2.90. The van der Waals surface area contributed by atoms with Crippen molar-refractivity contribution in [2.45, 2.75) is 5.41 Å². The average molecular weight is 347 g/mol. The second-order valence-corrected chi connectivity index (χ2v) is 6.49. The minimum Gasteiger partial charge on any atom is -0.0622 e. The molecule has 0 unspecified atom stereocenters. The van der Waals surface area contributed by atoms with E-state index in [4.69, 9.17) is 5.39 Å². The van der Waals surface area contributed by atoms with E-state index in [0.717, 1.165) is 5.56 Å². The molecule has 4 rings (SSSR count). The minimum absolute atomic E-state index is 0.461. The molecular formula is C25H19N2+. The van der Waals surface area contributed by atoms with Crippen LogP contribution in [-0.2, 0) is 5.41 Å². The van der Waals surface area contributed by atoms with E-state index in [1.807, 2.05) is 42.5 Å². The summed E-state index contributed by atoms with van der Waals surface area (Å²) in [5, 5.41) is 9.11. The molecule has 0 N–H and O–H groups in total. The van der Waals surface area contributed by atoms with Gasteiger partial charge in [-0.05, 0) is 34.4 Å². The van der Waals surface area contributed by atoms with Gasteiger partial charge in [-0.15, -0.1) is 0 Å². The van der Waals surface area contributed by atoms with E-state index in [1.165, 1.54) is 16.7 Å². The fourth-order valence-electron chi connectivity index (χ4n) is 3.84. The van der Waals surface area contributed by atoms with Gasteiger partial charge in [-0.2, -0.15) is 0 Å². The maximum Gasteiger partial charge on any atom is 0.385 e. The number of rotatable bonds is 4. The molecule has 128 valence electrons. The first-order chi connectivity index (χ1) is 13.4. The summed E-state index contributed by atoms with van der Waals surface area (Å²) in [4.78, 5) is 3.31. The van der Waals surface area contributed by atoms with Crippen molar-refractivity contribution in [1.82, 2.24) is 0 Å². The Morgan fingerprint density at radius 1 is 0.444 bits per heavy atom. The van der Waals surface area contributed by atoms with Crippen molar-refractivity contribution in [2.24, 2.45) is 0 Å². The van der Waals surface area contributed by atoms with E-state index in [2.05, 4.69) is 77.8 Å². The Bertz CT molecular complexity index is 951. The van der Waals surface area contributed by atoms with Gasteiger partial charge in [0.15, 0.2) is 4.98 Å². The summed E-state index contributed by atoms with van der Waals surface area (Å²) in [6.07, 6.45) is 0. The van der Waals surface area contributed by atoms with Crippen LogP contribution < -0.4 is 0 Å². The molecule has 0 aliphatic heterocycles. The van der Waals surface area contributed by atoms with E-state index in [0.29, 0.717) is 5.69 Å². The summed E-state index contributed by atoms with van der Waals surface area (Å²) in [6.45, 7) is 0. The van der Waals surface area contributed by atoms with Crippen LogP contribution in [0.2, 0.25) is 0 Å². The Hall–Kier alpha value is -3.70. The van der Waals surface area contributed by atoms with Crippen molar-refractivity contribution in [3.05, 3.63) is 142 Å². The highest BCUT2D eigenvalue weighted by molar-refractivity contribution is 5.61. The largest absolute Gasteiger partial charge is 0.385 e. The zero-order valence-electron chi connectivity index (χ0n) is 14.9. The van der Waals surface area contributed by atoms with Crippen LogP contribution in [-0.4, -0.2) is 0 Å². The molecule has 0 spiro atoms. The van der Waals surface area contributed by atoms with Gasteiger partial charge in [-0.1, -0.05) is 91.0 Å². The molecule has 0 radical (unpaired) electrons. The van der Waals surface area contributed by atoms with E-state index < -0.39 is 5.41 Å². The molecule has 4 aromatic rings. The summed E-state index contributed by atoms with van der Waals surface area (Å²) in [5.41, 5.74) is 4.78. The molecule has 0 saturated carbocycles. The van der Waals surface area contributed by atoms with Crippen LogP contribution in [0.1, 0.15) is 22.3 Å². The average Bonchev–Trinajstić information content (AvgIpc) is 2.77. The maximum absolute atomic E-state index is 9.11. The Morgan fingerprint density at radius 2 is 0.778 bits per heavy atom. The van der Waals surface area contributed by atoms with Crippen molar-refractivity contribution >= 4 is 5.69 Å². The van der Waals surface area contributed by atoms with Crippen LogP contribution in [0.3, 0.4) is 0 Å². The van der Waals surface area contributed by atoms with Gasteiger partial charge < -0.3 is 0 Å². The fraction of sp³-hybridized carbons (Fsp3) is 0.0400. The molecule has 0 amide bonds. The first kappa shape index (κ1) is 16.8. The quantitative estimate of drug-likeness (QED) is 0.304. The van der Waals surface area contributed by atoms with Crippen LogP contribution in [0.25, 0.3) is 4.98 Å². The van der Waals surface area contributed by atoms with E-state index in [9.17, 15) is 0 Å². The highest BCUT2D eigenvalue weighted by atomic mass is 14.8. The SMILES string of the molecule is N#[N+]c1ccc(C(c2ccccc2)(c2ccccc2)c2ccccc2)cc1. The molecule has 0 aliphatic rings. The Balaban J connectivity index is 2.11. The van der Waals surface area contributed by atoms with Crippen LogP contribution in [0, 0.1) is 5.39 Å². The zero-order valence-corrected chi connectivity index (χ0v) is 14.9. The third-order valence-corrected chi connectivity index (χ3v) is 5.04.